The van der Waals surface area contributed by atoms with Crippen LogP contribution in [0.1, 0.15) is 12.8 Å². The molecule has 1 atom stereocenters. The average molecular weight is 308 g/mol. The smallest absolute Gasteiger partial charge is 0.225 e. The van der Waals surface area contributed by atoms with Gasteiger partial charge in [-0.1, -0.05) is 0 Å². The van der Waals surface area contributed by atoms with Gasteiger partial charge >= 0.3 is 0 Å². The minimum atomic E-state index is 0.459. The second-order valence-corrected chi connectivity index (χ2v) is 5.37. The summed E-state index contributed by atoms with van der Waals surface area (Å²) in [6, 6.07) is 0.459. The fraction of sp³-hybridized carbons (Fsp3) is 0.417. The van der Waals surface area contributed by atoms with Crippen LogP contribution in [-0.2, 0) is 6.54 Å². The van der Waals surface area contributed by atoms with Crippen molar-refractivity contribution in [3.8, 4) is 0 Å². The largest absolute Gasteiger partial charge is 0.336 e. The van der Waals surface area contributed by atoms with Crippen molar-refractivity contribution in [2.75, 3.05) is 11.4 Å². The molecule has 0 amide bonds. The number of anilines is 1. The Morgan fingerprint density at radius 3 is 2.89 bits per heavy atom. The number of imidazole rings is 1. The van der Waals surface area contributed by atoms with E-state index in [0.29, 0.717) is 6.04 Å². The van der Waals surface area contributed by atoms with Gasteiger partial charge in [0, 0.05) is 43.9 Å². The second kappa shape index (κ2) is 5.06. The molecule has 1 aliphatic rings. The number of nitrogens with zero attached hydrogens (tertiary/aromatic N) is 5. The van der Waals surface area contributed by atoms with Gasteiger partial charge in [-0.3, -0.25) is 0 Å². The van der Waals surface area contributed by atoms with Crippen molar-refractivity contribution in [3.63, 3.8) is 0 Å². The molecule has 18 heavy (non-hydrogen) atoms. The number of hydrogen-bond donors (Lipinski definition) is 0. The topological polar surface area (TPSA) is 46.8 Å². The summed E-state index contributed by atoms with van der Waals surface area (Å²) < 4.78 is 3.03. The van der Waals surface area contributed by atoms with Crippen molar-refractivity contribution >= 4 is 21.9 Å². The van der Waals surface area contributed by atoms with Gasteiger partial charge < -0.3 is 9.47 Å². The highest BCUT2D eigenvalue weighted by Crippen LogP contribution is 2.23. The van der Waals surface area contributed by atoms with Gasteiger partial charge in [0.05, 0.1) is 10.8 Å². The Balaban J connectivity index is 1.76. The van der Waals surface area contributed by atoms with Gasteiger partial charge in [-0.05, 0) is 28.8 Å². The number of halogens is 1. The van der Waals surface area contributed by atoms with Gasteiger partial charge in [0.25, 0.3) is 0 Å². The SMILES string of the molecule is Brc1cnc(N2CCCC2Cn2ccnc2)nc1. The van der Waals surface area contributed by atoms with E-state index in [4.69, 9.17) is 0 Å². The molecule has 0 bridgehead atoms. The van der Waals surface area contributed by atoms with Crippen LogP contribution < -0.4 is 4.90 Å². The molecule has 2 aromatic heterocycles. The van der Waals surface area contributed by atoms with E-state index >= 15 is 0 Å². The lowest BCUT2D eigenvalue weighted by molar-refractivity contribution is 0.544. The summed E-state index contributed by atoms with van der Waals surface area (Å²) in [5.74, 6) is 0.820. The molecule has 0 saturated carbocycles. The zero-order chi connectivity index (χ0) is 12.4. The number of rotatable bonds is 3. The Morgan fingerprint density at radius 1 is 1.33 bits per heavy atom. The van der Waals surface area contributed by atoms with Crippen LogP contribution in [-0.4, -0.2) is 32.1 Å². The molecule has 5 nitrogen and oxygen atoms in total. The lowest BCUT2D eigenvalue weighted by atomic mass is 10.2. The lowest BCUT2D eigenvalue weighted by Gasteiger charge is -2.24. The van der Waals surface area contributed by atoms with Gasteiger partial charge in [-0.25, -0.2) is 15.0 Å². The molecule has 3 heterocycles. The van der Waals surface area contributed by atoms with Crippen molar-refractivity contribution in [1.29, 1.82) is 0 Å². The summed E-state index contributed by atoms with van der Waals surface area (Å²) in [5, 5.41) is 0. The first-order valence-electron chi connectivity index (χ1n) is 6.03. The zero-order valence-electron chi connectivity index (χ0n) is 9.91. The molecule has 0 N–H and O–H groups in total. The highest BCUT2D eigenvalue weighted by Gasteiger charge is 2.26. The van der Waals surface area contributed by atoms with Crippen LogP contribution in [0.4, 0.5) is 5.95 Å². The fourth-order valence-electron chi connectivity index (χ4n) is 2.38. The average Bonchev–Trinajstić information content (AvgIpc) is 3.02. The molecule has 94 valence electrons. The third-order valence-corrected chi connectivity index (χ3v) is 3.63. The van der Waals surface area contributed by atoms with Gasteiger partial charge in [0.1, 0.15) is 0 Å². The maximum absolute atomic E-state index is 4.38. The van der Waals surface area contributed by atoms with Gasteiger partial charge in [-0.15, -0.1) is 0 Å². The third-order valence-electron chi connectivity index (χ3n) is 3.22. The van der Waals surface area contributed by atoms with E-state index in [-0.39, 0.29) is 0 Å². The molecule has 6 heteroatoms. The van der Waals surface area contributed by atoms with Crippen molar-refractivity contribution < 1.29 is 0 Å². The van der Waals surface area contributed by atoms with E-state index in [1.165, 1.54) is 12.8 Å². The van der Waals surface area contributed by atoms with Crippen molar-refractivity contribution in [2.45, 2.75) is 25.4 Å². The maximum Gasteiger partial charge on any atom is 0.225 e. The molecular weight excluding hydrogens is 294 g/mol. The van der Waals surface area contributed by atoms with E-state index in [1.807, 2.05) is 18.7 Å². The highest BCUT2D eigenvalue weighted by molar-refractivity contribution is 9.10. The summed E-state index contributed by atoms with van der Waals surface area (Å²) in [6.45, 7) is 1.97. The predicted molar refractivity (Wildman–Crippen MR) is 72.3 cm³/mol. The summed E-state index contributed by atoms with van der Waals surface area (Å²) in [6.07, 6.45) is 11.6. The summed E-state index contributed by atoms with van der Waals surface area (Å²) in [4.78, 5) is 15.1. The molecule has 1 fully saturated rings. The molecule has 1 aliphatic heterocycles. The first-order valence-corrected chi connectivity index (χ1v) is 6.82. The molecule has 3 rings (SSSR count). The molecule has 0 aliphatic carbocycles. The highest BCUT2D eigenvalue weighted by atomic mass is 79.9. The first kappa shape index (κ1) is 11.6. The monoisotopic (exact) mass is 307 g/mol. The Bertz CT molecular complexity index is 496. The minimum absolute atomic E-state index is 0.459. The van der Waals surface area contributed by atoms with Crippen molar-refractivity contribution in [2.24, 2.45) is 0 Å². The minimum Gasteiger partial charge on any atom is -0.336 e. The predicted octanol–water partition coefficient (Wildman–Crippen LogP) is 2.10. The fourth-order valence-corrected chi connectivity index (χ4v) is 2.59. The third kappa shape index (κ3) is 2.38. The van der Waals surface area contributed by atoms with Gasteiger partial charge in [0.15, 0.2) is 0 Å². The van der Waals surface area contributed by atoms with E-state index in [9.17, 15) is 0 Å². The van der Waals surface area contributed by atoms with E-state index < -0.39 is 0 Å². The van der Waals surface area contributed by atoms with Crippen LogP contribution in [0.3, 0.4) is 0 Å². The molecule has 0 radical (unpaired) electrons. The summed E-state index contributed by atoms with van der Waals surface area (Å²) in [5.41, 5.74) is 0. The molecule has 2 aromatic rings. The molecular formula is C12H14BrN5. The lowest BCUT2D eigenvalue weighted by Crippen LogP contribution is -2.33. The summed E-state index contributed by atoms with van der Waals surface area (Å²) >= 11 is 3.36. The zero-order valence-corrected chi connectivity index (χ0v) is 11.5. The van der Waals surface area contributed by atoms with E-state index in [2.05, 4.69) is 40.3 Å². The van der Waals surface area contributed by atoms with Gasteiger partial charge in [-0.2, -0.15) is 0 Å². The van der Waals surface area contributed by atoms with E-state index in [0.717, 1.165) is 23.5 Å². The van der Waals surface area contributed by atoms with Gasteiger partial charge in [0.2, 0.25) is 5.95 Å². The second-order valence-electron chi connectivity index (χ2n) is 4.45. The van der Waals surface area contributed by atoms with Crippen LogP contribution in [0.25, 0.3) is 0 Å². The van der Waals surface area contributed by atoms with Crippen LogP contribution in [0.2, 0.25) is 0 Å². The van der Waals surface area contributed by atoms with Crippen LogP contribution in [0.15, 0.2) is 35.6 Å². The summed E-state index contributed by atoms with van der Waals surface area (Å²) in [7, 11) is 0. The Labute approximate surface area is 114 Å². The number of hydrogen-bond acceptors (Lipinski definition) is 4. The standard InChI is InChI=1S/C12H14BrN5/c13-10-6-15-12(16-7-10)18-4-1-2-11(18)8-17-5-3-14-9-17/h3,5-7,9,11H,1-2,4,8H2. The Morgan fingerprint density at radius 2 is 2.17 bits per heavy atom. The normalized spacial score (nSPS) is 19.4. The van der Waals surface area contributed by atoms with Crippen LogP contribution >= 0.6 is 15.9 Å². The van der Waals surface area contributed by atoms with Crippen molar-refractivity contribution in [3.05, 3.63) is 35.6 Å². The van der Waals surface area contributed by atoms with Crippen LogP contribution in [0, 0.1) is 0 Å². The molecule has 0 aromatic carbocycles. The molecule has 1 saturated heterocycles. The maximum atomic E-state index is 4.38. The molecule has 1 unspecified atom stereocenters. The quantitative estimate of drug-likeness (QED) is 0.871. The number of aromatic nitrogens is 4. The first-order chi connectivity index (χ1) is 8.83. The van der Waals surface area contributed by atoms with Crippen LogP contribution in [0.5, 0.6) is 0 Å². The van der Waals surface area contributed by atoms with E-state index in [1.54, 1.807) is 12.4 Å². The molecule has 0 spiro atoms. The Kier molecular flexibility index (Phi) is 3.27. The van der Waals surface area contributed by atoms with Crippen molar-refractivity contribution in [1.82, 2.24) is 19.5 Å². The Hall–Kier alpha value is -1.43.